The third kappa shape index (κ3) is 3.74. The Hall–Kier alpha value is -1.02. The van der Waals surface area contributed by atoms with Crippen LogP contribution in [0.25, 0.3) is 0 Å². The summed E-state index contributed by atoms with van der Waals surface area (Å²) in [6.45, 7) is 6.30. The van der Waals surface area contributed by atoms with Crippen molar-refractivity contribution in [3.63, 3.8) is 0 Å². The maximum atomic E-state index is 5.79. The molecule has 2 heteroatoms. The van der Waals surface area contributed by atoms with E-state index in [0.29, 0.717) is 6.04 Å². The van der Waals surface area contributed by atoms with Gasteiger partial charge in [0.1, 0.15) is 5.75 Å². The summed E-state index contributed by atoms with van der Waals surface area (Å²) in [6.07, 6.45) is 3.85. The summed E-state index contributed by atoms with van der Waals surface area (Å²) in [5, 5.41) is 3.60. The molecular weight excluding hydrogens is 210 g/mol. The summed E-state index contributed by atoms with van der Waals surface area (Å²) in [5.41, 5.74) is 1.28. The van der Waals surface area contributed by atoms with Gasteiger partial charge >= 0.3 is 0 Å². The van der Waals surface area contributed by atoms with Gasteiger partial charge in [-0.1, -0.05) is 25.1 Å². The van der Waals surface area contributed by atoms with Gasteiger partial charge < -0.3 is 10.1 Å². The third-order valence-electron chi connectivity index (χ3n) is 3.26. The minimum Gasteiger partial charge on any atom is -0.493 e. The third-order valence-corrected chi connectivity index (χ3v) is 3.26. The molecule has 1 saturated carbocycles. The van der Waals surface area contributed by atoms with Gasteiger partial charge in [-0.25, -0.2) is 0 Å². The molecule has 94 valence electrons. The normalized spacial score (nSPS) is 16.8. The van der Waals surface area contributed by atoms with Crippen molar-refractivity contribution in [3.05, 3.63) is 29.8 Å². The fraction of sp³-hybridized carbons (Fsp3) is 0.600. The number of nitrogens with one attached hydrogen (secondary N) is 1. The first-order chi connectivity index (χ1) is 8.31. The molecule has 17 heavy (non-hydrogen) atoms. The maximum absolute atomic E-state index is 5.79. The van der Waals surface area contributed by atoms with E-state index in [2.05, 4.69) is 37.4 Å². The number of hydrogen-bond acceptors (Lipinski definition) is 2. The Morgan fingerprint density at radius 3 is 2.82 bits per heavy atom. The zero-order valence-electron chi connectivity index (χ0n) is 10.9. The van der Waals surface area contributed by atoms with Crippen molar-refractivity contribution < 1.29 is 4.74 Å². The summed E-state index contributed by atoms with van der Waals surface area (Å²) in [7, 11) is 0. The second-order valence-corrected chi connectivity index (χ2v) is 4.96. The Labute approximate surface area is 104 Å². The Bertz CT molecular complexity index is 347. The van der Waals surface area contributed by atoms with Crippen LogP contribution in [-0.4, -0.2) is 13.2 Å². The molecule has 0 amide bonds. The zero-order valence-corrected chi connectivity index (χ0v) is 10.9. The summed E-state index contributed by atoms with van der Waals surface area (Å²) < 4.78 is 5.79. The van der Waals surface area contributed by atoms with Gasteiger partial charge in [0.05, 0.1) is 6.61 Å². The summed E-state index contributed by atoms with van der Waals surface area (Å²) in [4.78, 5) is 0. The van der Waals surface area contributed by atoms with E-state index in [9.17, 15) is 0 Å². The van der Waals surface area contributed by atoms with Gasteiger partial charge in [0.15, 0.2) is 0 Å². The Balaban J connectivity index is 1.95. The van der Waals surface area contributed by atoms with E-state index in [0.717, 1.165) is 31.2 Å². The van der Waals surface area contributed by atoms with Gasteiger partial charge in [0, 0.05) is 11.6 Å². The molecule has 1 fully saturated rings. The predicted octanol–water partition coefficient (Wildman–Crippen LogP) is 3.54. The van der Waals surface area contributed by atoms with E-state index < -0.39 is 0 Å². The lowest BCUT2D eigenvalue weighted by Crippen LogP contribution is -2.21. The minimum absolute atomic E-state index is 0.378. The van der Waals surface area contributed by atoms with Gasteiger partial charge in [0.25, 0.3) is 0 Å². The number of para-hydroxylation sites is 1. The standard InChI is InChI=1S/C15H23NO/c1-3-10-17-15-7-5-4-6-14(15)12(2)16-11-13-8-9-13/h4-7,12-13,16H,3,8-11H2,1-2H3. The van der Waals surface area contributed by atoms with Crippen LogP contribution in [0.5, 0.6) is 5.75 Å². The molecule has 1 unspecified atom stereocenters. The van der Waals surface area contributed by atoms with Crippen molar-refractivity contribution in [1.29, 1.82) is 0 Å². The van der Waals surface area contributed by atoms with Gasteiger partial charge in [-0.2, -0.15) is 0 Å². The number of hydrogen-bond donors (Lipinski definition) is 1. The van der Waals surface area contributed by atoms with Crippen LogP contribution in [0.15, 0.2) is 24.3 Å². The highest BCUT2D eigenvalue weighted by atomic mass is 16.5. The van der Waals surface area contributed by atoms with E-state index in [1.54, 1.807) is 0 Å². The first-order valence-corrected chi connectivity index (χ1v) is 6.76. The molecule has 0 bridgehead atoms. The Morgan fingerprint density at radius 2 is 2.12 bits per heavy atom. The summed E-state index contributed by atoms with van der Waals surface area (Å²) >= 11 is 0. The highest BCUT2D eigenvalue weighted by Crippen LogP contribution is 2.30. The maximum Gasteiger partial charge on any atom is 0.124 e. The van der Waals surface area contributed by atoms with Crippen molar-refractivity contribution >= 4 is 0 Å². The van der Waals surface area contributed by atoms with Gasteiger partial charge in [-0.05, 0) is 44.7 Å². The molecule has 0 saturated heterocycles. The van der Waals surface area contributed by atoms with Crippen LogP contribution in [0.3, 0.4) is 0 Å². The topological polar surface area (TPSA) is 21.3 Å². The first kappa shape index (κ1) is 12.4. The van der Waals surface area contributed by atoms with E-state index in [1.807, 2.05) is 6.07 Å². The molecule has 0 heterocycles. The Kier molecular flexibility index (Phi) is 4.43. The second kappa shape index (κ2) is 6.06. The van der Waals surface area contributed by atoms with Gasteiger partial charge in [-0.15, -0.1) is 0 Å². The lowest BCUT2D eigenvalue weighted by Gasteiger charge is -2.18. The molecule has 1 aromatic rings. The van der Waals surface area contributed by atoms with Gasteiger partial charge in [0.2, 0.25) is 0 Å². The minimum atomic E-state index is 0.378. The highest BCUT2D eigenvalue weighted by molar-refractivity contribution is 5.35. The zero-order chi connectivity index (χ0) is 12.1. The summed E-state index contributed by atoms with van der Waals surface area (Å²) in [6, 6.07) is 8.74. The van der Waals surface area contributed by atoms with Crippen molar-refractivity contribution in [3.8, 4) is 5.75 Å². The lowest BCUT2D eigenvalue weighted by atomic mass is 10.1. The number of ether oxygens (including phenoxy) is 1. The fourth-order valence-electron chi connectivity index (χ4n) is 1.96. The number of benzene rings is 1. The highest BCUT2D eigenvalue weighted by Gasteiger charge is 2.22. The van der Waals surface area contributed by atoms with Crippen LogP contribution in [-0.2, 0) is 0 Å². The SMILES string of the molecule is CCCOc1ccccc1C(C)NCC1CC1. The molecule has 1 aliphatic carbocycles. The summed E-state index contributed by atoms with van der Waals surface area (Å²) in [5.74, 6) is 1.95. The molecule has 0 aliphatic heterocycles. The molecule has 0 spiro atoms. The quantitative estimate of drug-likeness (QED) is 0.778. The van der Waals surface area contributed by atoms with Crippen LogP contribution in [0.2, 0.25) is 0 Å². The van der Waals surface area contributed by atoms with Crippen LogP contribution < -0.4 is 10.1 Å². The monoisotopic (exact) mass is 233 g/mol. The van der Waals surface area contributed by atoms with Gasteiger partial charge in [-0.3, -0.25) is 0 Å². The van der Waals surface area contributed by atoms with E-state index >= 15 is 0 Å². The van der Waals surface area contributed by atoms with Crippen LogP contribution in [0.1, 0.15) is 44.7 Å². The van der Waals surface area contributed by atoms with Crippen molar-refractivity contribution in [2.24, 2.45) is 5.92 Å². The van der Waals surface area contributed by atoms with Crippen LogP contribution in [0, 0.1) is 5.92 Å². The van der Waals surface area contributed by atoms with Crippen LogP contribution >= 0.6 is 0 Å². The van der Waals surface area contributed by atoms with E-state index in [4.69, 9.17) is 4.74 Å². The van der Waals surface area contributed by atoms with Crippen molar-refractivity contribution in [2.45, 2.75) is 39.2 Å². The molecule has 0 radical (unpaired) electrons. The molecule has 1 atom stereocenters. The van der Waals surface area contributed by atoms with Crippen molar-refractivity contribution in [2.75, 3.05) is 13.2 Å². The molecule has 0 aromatic heterocycles. The molecule has 1 N–H and O–H groups in total. The number of rotatable bonds is 7. The molecule has 2 rings (SSSR count). The van der Waals surface area contributed by atoms with Crippen molar-refractivity contribution in [1.82, 2.24) is 5.32 Å². The molecule has 2 nitrogen and oxygen atoms in total. The smallest absolute Gasteiger partial charge is 0.124 e. The first-order valence-electron chi connectivity index (χ1n) is 6.76. The Morgan fingerprint density at radius 1 is 1.35 bits per heavy atom. The second-order valence-electron chi connectivity index (χ2n) is 4.96. The van der Waals surface area contributed by atoms with E-state index in [1.165, 1.54) is 18.4 Å². The largest absolute Gasteiger partial charge is 0.493 e. The molecule has 1 aliphatic rings. The average molecular weight is 233 g/mol. The lowest BCUT2D eigenvalue weighted by molar-refractivity contribution is 0.310. The average Bonchev–Trinajstić information content (AvgIpc) is 3.18. The van der Waals surface area contributed by atoms with E-state index in [-0.39, 0.29) is 0 Å². The van der Waals surface area contributed by atoms with Crippen LogP contribution in [0.4, 0.5) is 0 Å². The molecular formula is C15H23NO. The predicted molar refractivity (Wildman–Crippen MR) is 71.4 cm³/mol. The molecule has 1 aromatic carbocycles. The fourth-order valence-corrected chi connectivity index (χ4v) is 1.96.